The first-order valence-corrected chi connectivity index (χ1v) is 13.4. The van der Waals surface area contributed by atoms with Crippen molar-refractivity contribution in [3.8, 4) is 11.4 Å². The second kappa shape index (κ2) is 10.1. The second-order valence-electron chi connectivity index (χ2n) is 7.24. The minimum atomic E-state index is -0.274. The number of fused-ring (bicyclic) bond motifs is 3. The monoisotopic (exact) mass is 524 g/mol. The molecule has 1 amide bonds. The number of aromatic amines is 1. The van der Waals surface area contributed by atoms with Crippen molar-refractivity contribution in [2.24, 2.45) is 0 Å². The van der Waals surface area contributed by atoms with Gasteiger partial charge in [-0.25, -0.2) is 9.55 Å². The first kappa shape index (κ1) is 23.4. The number of carbonyl (C=O) groups is 1. The van der Waals surface area contributed by atoms with E-state index in [1.165, 1.54) is 27.7 Å². The van der Waals surface area contributed by atoms with Crippen LogP contribution >= 0.6 is 34.9 Å². The number of H-pyrrole nitrogens is 1. The zero-order chi connectivity index (χ0) is 24.4. The normalized spacial score (nSPS) is 11.3. The van der Waals surface area contributed by atoms with Gasteiger partial charge in [0.25, 0.3) is 5.56 Å². The fourth-order valence-electron chi connectivity index (χ4n) is 3.59. The number of nitrogens with one attached hydrogen (secondary N) is 2. The lowest BCUT2D eigenvalue weighted by molar-refractivity contribution is -0.113. The predicted molar refractivity (Wildman–Crippen MR) is 141 cm³/mol. The van der Waals surface area contributed by atoms with Gasteiger partial charge < -0.3 is 9.72 Å². The molecule has 0 fully saturated rings. The molecule has 0 aliphatic rings. The molecular formula is C23H20N6O3S3. The average Bonchev–Trinajstić information content (AvgIpc) is 3.47. The Morgan fingerprint density at radius 2 is 1.94 bits per heavy atom. The van der Waals surface area contributed by atoms with E-state index < -0.39 is 0 Å². The van der Waals surface area contributed by atoms with Crippen molar-refractivity contribution in [1.29, 1.82) is 0 Å². The minimum Gasteiger partial charge on any atom is -0.495 e. The molecule has 3 heterocycles. The van der Waals surface area contributed by atoms with E-state index in [-0.39, 0.29) is 17.2 Å². The molecule has 0 spiro atoms. The van der Waals surface area contributed by atoms with Crippen molar-refractivity contribution in [2.75, 3.05) is 23.9 Å². The summed E-state index contributed by atoms with van der Waals surface area (Å²) < 4.78 is 7.79. The van der Waals surface area contributed by atoms with Crippen LogP contribution in [-0.4, -0.2) is 49.3 Å². The van der Waals surface area contributed by atoms with Crippen LogP contribution in [0.25, 0.3) is 27.6 Å². The van der Waals surface area contributed by atoms with Gasteiger partial charge in [0, 0.05) is 10.9 Å². The van der Waals surface area contributed by atoms with Gasteiger partial charge in [-0.2, -0.15) is 0 Å². The fourth-order valence-corrected chi connectivity index (χ4v) is 6.06. The van der Waals surface area contributed by atoms with Gasteiger partial charge in [0.2, 0.25) is 11.0 Å². The average molecular weight is 525 g/mol. The van der Waals surface area contributed by atoms with Crippen molar-refractivity contribution < 1.29 is 9.53 Å². The maximum atomic E-state index is 13.7. The summed E-state index contributed by atoms with van der Waals surface area (Å²) in [6.07, 6.45) is 0. The van der Waals surface area contributed by atoms with Crippen LogP contribution in [0, 0.1) is 0 Å². The number of hydrogen-bond acceptors (Lipinski definition) is 9. The van der Waals surface area contributed by atoms with Gasteiger partial charge >= 0.3 is 0 Å². The number of carbonyl (C=O) groups excluding carboxylic acids is 1. The lowest BCUT2D eigenvalue weighted by atomic mass is 10.2. The molecule has 2 N–H and O–H groups in total. The summed E-state index contributed by atoms with van der Waals surface area (Å²) in [5.41, 5.74) is 2.03. The topological polar surface area (TPSA) is 115 Å². The molecule has 0 saturated heterocycles. The quantitative estimate of drug-likeness (QED) is 0.172. The van der Waals surface area contributed by atoms with Crippen LogP contribution in [0.4, 0.5) is 5.13 Å². The molecule has 2 aromatic carbocycles. The molecule has 9 nitrogen and oxygen atoms in total. The number of nitrogens with zero attached hydrogens (tertiary/aromatic N) is 4. The molecule has 5 aromatic rings. The number of ether oxygens (including phenoxy) is 1. The van der Waals surface area contributed by atoms with Gasteiger partial charge in [-0.05, 0) is 24.0 Å². The van der Waals surface area contributed by atoms with E-state index in [1.54, 1.807) is 31.0 Å². The van der Waals surface area contributed by atoms with Gasteiger partial charge in [0.1, 0.15) is 16.8 Å². The Labute approximate surface area is 212 Å². The zero-order valence-electron chi connectivity index (χ0n) is 18.8. The number of para-hydroxylation sites is 3. The molecule has 0 bridgehead atoms. The van der Waals surface area contributed by atoms with E-state index in [1.807, 2.05) is 43.3 Å². The Kier molecular flexibility index (Phi) is 6.75. The molecule has 35 heavy (non-hydrogen) atoms. The van der Waals surface area contributed by atoms with Gasteiger partial charge in [-0.1, -0.05) is 72.1 Å². The molecule has 0 unspecified atom stereocenters. The number of methoxy groups -OCH3 is 1. The molecule has 0 radical (unpaired) electrons. The van der Waals surface area contributed by atoms with Crippen LogP contribution in [0.1, 0.15) is 6.92 Å². The summed E-state index contributed by atoms with van der Waals surface area (Å²) in [5, 5.41) is 12.5. The number of benzene rings is 2. The maximum absolute atomic E-state index is 13.7. The first-order valence-electron chi connectivity index (χ1n) is 10.6. The van der Waals surface area contributed by atoms with Crippen molar-refractivity contribution >= 4 is 67.8 Å². The molecule has 0 aliphatic heterocycles. The lowest BCUT2D eigenvalue weighted by Crippen LogP contribution is -2.23. The molecule has 0 saturated carbocycles. The SMILES string of the molecule is CCSc1nnc(NC(=O)CSc2nc3c([nH]c4ccccc43)c(=O)n2-c2ccccc2OC)s1. The Bertz CT molecular complexity index is 1590. The van der Waals surface area contributed by atoms with Gasteiger partial charge in [0.05, 0.1) is 18.6 Å². The smallest absolute Gasteiger partial charge is 0.283 e. The maximum Gasteiger partial charge on any atom is 0.283 e. The molecule has 12 heteroatoms. The van der Waals surface area contributed by atoms with Gasteiger partial charge in [0.15, 0.2) is 9.50 Å². The van der Waals surface area contributed by atoms with E-state index in [2.05, 4.69) is 20.5 Å². The summed E-state index contributed by atoms with van der Waals surface area (Å²) in [6, 6.07) is 14.8. The largest absolute Gasteiger partial charge is 0.495 e. The summed E-state index contributed by atoms with van der Waals surface area (Å²) in [7, 11) is 1.55. The zero-order valence-corrected chi connectivity index (χ0v) is 21.2. The van der Waals surface area contributed by atoms with Crippen molar-refractivity contribution in [3.05, 3.63) is 58.9 Å². The summed E-state index contributed by atoms with van der Waals surface area (Å²) >= 11 is 4.06. The van der Waals surface area contributed by atoms with Crippen LogP contribution in [0.2, 0.25) is 0 Å². The highest BCUT2D eigenvalue weighted by molar-refractivity contribution is 8.01. The molecule has 3 aromatic heterocycles. The first-order chi connectivity index (χ1) is 17.1. The van der Waals surface area contributed by atoms with E-state index in [4.69, 9.17) is 9.72 Å². The number of hydrogen-bond donors (Lipinski definition) is 2. The van der Waals surface area contributed by atoms with E-state index >= 15 is 0 Å². The standard InChI is InChI=1S/C23H20N6O3S3/c1-3-33-23-28-27-21(35-23)25-17(30)12-34-22-26-18-13-8-4-5-9-14(13)24-19(18)20(31)29(22)15-10-6-7-11-16(15)32-2/h4-11,24H,3,12H2,1-2H3,(H,25,27,30). The van der Waals surface area contributed by atoms with Crippen LogP contribution in [0.3, 0.4) is 0 Å². The van der Waals surface area contributed by atoms with E-state index in [0.717, 1.165) is 21.0 Å². The lowest BCUT2D eigenvalue weighted by Gasteiger charge is -2.14. The molecular weight excluding hydrogens is 504 g/mol. The Balaban J connectivity index is 1.54. The van der Waals surface area contributed by atoms with Crippen molar-refractivity contribution in [1.82, 2.24) is 24.7 Å². The third-order valence-electron chi connectivity index (χ3n) is 5.07. The highest BCUT2D eigenvalue weighted by atomic mass is 32.2. The number of aromatic nitrogens is 5. The van der Waals surface area contributed by atoms with Gasteiger partial charge in [-0.3, -0.25) is 14.9 Å². The number of thioether (sulfide) groups is 2. The predicted octanol–water partition coefficient (Wildman–Crippen LogP) is 4.57. The summed E-state index contributed by atoms with van der Waals surface area (Å²) in [5.74, 6) is 1.17. The molecule has 0 atom stereocenters. The molecule has 0 aliphatic carbocycles. The summed E-state index contributed by atoms with van der Waals surface area (Å²) in [4.78, 5) is 34.4. The van der Waals surface area contributed by atoms with E-state index in [9.17, 15) is 9.59 Å². The third-order valence-corrected chi connectivity index (χ3v) is 7.87. The molecule has 178 valence electrons. The Hall–Kier alpha value is -3.35. The van der Waals surface area contributed by atoms with Crippen LogP contribution in [0.5, 0.6) is 5.75 Å². The highest BCUT2D eigenvalue weighted by Crippen LogP contribution is 2.30. The second-order valence-corrected chi connectivity index (χ2v) is 10.7. The van der Waals surface area contributed by atoms with Crippen LogP contribution < -0.4 is 15.6 Å². The minimum absolute atomic E-state index is 0.0330. The Morgan fingerprint density at radius 3 is 2.77 bits per heavy atom. The van der Waals surface area contributed by atoms with Crippen LogP contribution in [0.15, 0.2) is 62.8 Å². The Morgan fingerprint density at radius 1 is 1.14 bits per heavy atom. The fraction of sp³-hybridized carbons (Fsp3) is 0.174. The number of amides is 1. The number of rotatable bonds is 8. The molecule has 5 rings (SSSR count). The number of anilines is 1. The van der Waals surface area contributed by atoms with Crippen molar-refractivity contribution in [2.45, 2.75) is 16.4 Å². The third kappa shape index (κ3) is 4.64. The summed E-state index contributed by atoms with van der Waals surface area (Å²) in [6.45, 7) is 2.03. The van der Waals surface area contributed by atoms with Crippen molar-refractivity contribution in [3.63, 3.8) is 0 Å². The van der Waals surface area contributed by atoms with Crippen LogP contribution in [-0.2, 0) is 4.79 Å². The highest BCUT2D eigenvalue weighted by Gasteiger charge is 2.20. The van der Waals surface area contributed by atoms with Gasteiger partial charge in [-0.15, -0.1) is 10.2 Å². The van der Waals surface area contributed by atoms with E-state index in [0.29, 0.717) is 32.8 Å².